The van der Waals surface area contributed by atoms with E-state index in [9.17, 15) is 0 Å². The van der Waals surface area contributed by atoms with E-state index in [1.54, 1.807) is 0 Å². The second-order valence-corrected chi connectivity index (χ2v) is 4.57. The van der Waals surface area contributed by atoms with Gasteiger partial charge in [0.15, 0.2) is 0 Å². The molecule has 0 spiro atoms. The third-order valence-electron chi connectivity index (χ3n) is 3.29. The first-order valence-electron chi connectivity index (χ1n) is 6.24. The van der Waals surface area contributed by atoms with Crippen molar-refractivity contribution in [1.82, 2.24) is 14.5 Å². The molecule has 0 atom stereocenters. The lowest BCUT2D eigenvalue weighted by Gasteiger charge is -2.10. The molecular formula is C14H17N3. The summed E-state index contributed by atoms with van der Waals surface area (Å²) in [5.41, 5.74) is 2.35. The van der Waals surface area contributed by atoms with Crippen LogP contribution in [0.3, 0.4) is 0 Å². The minimum absolute atomic E-state index is 1.07. The molecule has 0 aliphatic carbocycles. The highest BCUT2D eigenvalue weighted by molar-refractivity contribution is 5.54. The Morgan fingerprint density at radius 3 is 2.94 bits per heavy atom. The Morgan fingerprint density at radius 1 is 1.18 bits per heavy atom. The molecule has 3 rings (SSSR count). The Hall–Kier alpha value is -1.61. The van der Waals surface area contributed by atoms with Gasteiger partial charge < -0.3 is 0 Å². The molecule has 88 valence electrons. The zero-order valence-corrected chi connectivity index (χ0v) is 9.92. The topological polar surface area (TPSA) is 20.5 Å². The van der Waals surface area contributed by atoms with Crippen LogP contribution in [0.5, 0.6) is 0 Å². The smallest absolute Gasteiger partial charge is 0.0661 e. The summed E-state index contributed by atoms with van der Waals surface area (Å²) < 4.78 is 1.91. The third-order valence-corrected chi connectivity index (χ3v) is 3.29. The van der Waals surface area contributed by atoms with Gasteiger partial charge in [0.2, 0.25) is 0 Å². The Bertz CT molecular complexity index is 521. The van der Waals surface area contributed by atoms with E-state index in [0.717, 1.165) is 12.1 Å². The maximum Gasteiger partial charge on any atom is 0.0661 e. The molecule has 0 radical (unpaired) electrons. The van der Waals surface area contributed by atoms with E-state index in [0.29, 0.717) is 0 Å². The molecule has 2 aromatic rings. The number of hydrogen-bond acceptors (Lipinski definition) is 2. The van der Waals surface area contributed by atoms with Crippen molar-refractivity contribution in [2.24, 2.45) is 0 Å². The molecule has 1 aliphatic heterocycles. The van der Waals surface area contributed by atoms with E-state index in [-0.39, 0.29) is 0 Å². The van der Waals surface area contributed by atoms with Crippen LogP contribution in [-0.4, -0.2) is 34.1 Å². The number of rotatable bonds is 3. The molecule has 1 fully saturated rings. The second-order valence-electron chi connectivity index (χ2n) is 4.57. The van der Waals surface area contributed by atoms with Crippen molar-refractivity contribution < 1.29 is 0 Å². The first-order valence-corrected chi connectivity index (χ1v) is 6.24. The van der Waals surface area contributed by atoms with Gasteiger partial charge in [-0.2, -0.15) is 5.10 Å². The summed E-state index contributed by atoms with van der Waals surface area (Å²) in [6.07, 6.45) is 11.0. The van der Waals surface area contributed by atoms with Crippen molar-refractivity contribution in [2.45, 2.75) is 12.8 Å². The standard InChI is InChI=1S/C14H17N3/c1-2-10-16(9-1)11-3-4-13-5-6-14-7-8-15-17(14)12-13/h3-8,12H,1-2,9-11H2/b4-3+. The van der Waals surface area contributed by atoms with E-state index in [1.165, 1.54) is 31.5 Å². The molecule has 1 saturated heterocycles. The minimum Gasteiger partial charge on any atom is -0.300 e. The van der Waals surface area contributed by atoms with Gasteiger partial charge >= 0.3 is 0 Å². The van der Waals surface area contributed by atoms with Gasteiger partial charge in [0.05, 0.1) is 5.52 Å². The second kappa shape index (κ2) is 4.72. The highest BCUT2D eigenvalue weighted by atomic mass is 15.2. The number of likely N-dealkylation sites (tertiary alicyclic amines) is 1. The Balaban J connectivity index is 1.68. The predicted molar refractivity (Wildman–Crippen MR) is 69.9 cm³/mol. The average Bonchev–Trinajstić information content (AvgIpc) is 2.98. The summed E-state index contributed by atoms with van der Waals surface area (Å²) >= 11 is 0. The molecule has 0 N–H and O–H groups in total. The molecular weight excluding hydrogens is 210 g/mol. The monoisotopic (exact) mass is 227 g/mol. The number of hydrogen-bond donors (Lipinski definition) is 0. The average molecular weight is 227 g/mol. The third kappa shape index (κ3) is 2.39. The van der Waals surface area contributed by atoms with Gasteiger partial charge in [-0.15, -0.1) is 0 Å². The van der Waals surface area contributed by atoms with Crippen molar-refractivity contribution in [1.29, 1.82) is 0 Å². The zero-order valence-electron chi connectivity index (χ0n) is 9.92. The van der Waals surface area contributed by atoms with Crippen LogP contribution in [0.2, 0.25) is 0 Å². The normalized spacial score (nSPS) is 17.4. The molecule has 1 aliphatic rings. The predicted octanol–water partition coefficient (Wildman–Crippen LogP) is 2.44. The largest absolute Gasteiger partial charge is 0.300 e. The van der Waals surface area contributed by atoms with Crippen LogP contribution >= 0.6 is 0 Å². The highest BCUT2D eigenvalue weighted by Gasteiger charge is 2.08. The van der Waals surface area contributed by atoms with Gasteiger partial charge in [-0.25, -0.2) is 4.52 Å². The number of pyridine rings is 1. The molecule has 0 bridgehead atoms. The van der Waals surface area contributed by atoms with Crippen LogP contribution in [0.1, 0.15) is 18.4 Å². The molecule has 0 aromatic carbocycles. The van der Waals surface area contributed by atoms with Gasteiger partial charge in [-0.1, -0.05) is 18.2 Å². The van der Waals surface area contributed by atoms with Gasteiger partial charge in [0.25, 0.3) is 0 Å². The van der Waals surface area contributed by atoms with Crippen LogP contribution in [0.4, 0.5) is 0 Å². The summed E-state index contributed by atoms with van der Waals surface area (Å²) in [6, 6.07) is 6.25. The van der Waals surface area contributed by atoms with E-state index in [4.69, 9.17) is 0 Å². The van der Waals surface area contributed by atoms with Gasteiger partial charge in [0, 0.05) is 18.9 Å². The minimum atomic E-state index is 1.07. The zero-order chi connectivity index (χ0) is 11.5. The number of aromatic nitrogens is 2. The van der Waals surface area contributed by atoms with Crippen LogP contribution in [-0.2, 0) is 0 Å². The lowest BCUT2D eigenvalue weighted by Crippen LogP contribution is -2.18. The van der Waals surface area contributed by atoms with E-state index < -0.39 is 0 Å². The fourth-order valence-electron chi connectivity index (χ4n) is 2.33. The molecule has 2 aromatic heterocycles. The van der Waals surface area contributed by atoms with Crippen LogP contribution in [0.15, 0.2) is 36.7 Å². The summed E-state index contributed by atoms with van der Waals surface area (Å²) in [7, 11) is 0. The summed E-state index contributed by atoms with van der Waals surface area (Å²) in [6.45, 7) is 3.57. The maximum absolute atomic E-state index is 4.24. The van der Waals surface area contributed by atoms with E-state index >= 15 is 0 Å². The molecule has 0 saturated carbocycles. The van der Waals surface area contributed by atoms with Crippen molar-refractivity contribution in [3.8, 4) is 0 Å². The summed E-state index contributed by atoms with van der Waals surface area (Å²) in [4.78, 5) is 2.49. The Morgan fingerprint density at radius 2 is 2.06 bits per heavy atom. The van der Waals surface area contributed by atoms with Crippen molar-refractivity contribution in [3.63, 3.8) is 0 Å². The summed E-state index contributed by atoms with van der Waals surface area (Å²) in [5.74, 6) is 0. The SMILES string of the molecule is C(=C\c1ccc2ccnn2c1)/CN1CCCC1. The van der Waals surface area contributed by atoms with E-state index in [2.05, 4.69) is 40.5 Å². The fraction of sp³-hybridized carbons (Fsp3) is 0.357. The van der Waals surface area contributed by atoms with Crippen molar-refractivity contribution in [3.05, 3.63) is 42.2 Å². The van der Waals surface area contributed by atoms with Crippen LogP contribution < -0.4 is 0 Å². The van der Waals surface area contributed by atoms with Crippen LogP contribution in [0.25, 0.3) is 11.6 Å². The van der Waals surface area contributed by atoms with Gasteiger partial charge in [0.1, 0.15) is 0 Å². The first-order chi connectivity index (χ1) is 8.42. The lowest BCUT2D eigenvalue weighted by atomic mass is 10.2. The molecule has 0 amide bonds. The molecule has 3 nitrogen and oxygen atoms in total. The van der Waals surface area contributed by atoms with Crippen LogP contribution in [0, 0.1) is 0 Å². The quantitative estimate of drug-likeness (QED) is 0.803. The fourth-order valence-corrected chi connectivity index (χ4v) is 2.33. The number of fused-ring (bicyclic) bond motifs is 1. The first kappa shape index (κ1) is 10.5. The van der Waals surface area contributed by atoms with E-state index in [1.807, 2.05) is 16.8 Å². The molecule has 0 unspecified atom stereocenters. The molecule has 3 heterocycles. The van der Waals surface area contributed by atoms with Gasteiger partial charge in [-0.3, -0.25) is 4.90 Å². The summed E-state index contributed by atoms with van der Waals surface area (Å²) in [5, 5.41) is 4.24. The Kier molecular flexibility index (Phi) is 2.92. The van der Waals surface area contributed by atoms with Gasteiger partial charge in [-0.05, 0) is 43.6 Å². The highest BCUT2D eigenvalue weighted by Crippen LogP contribution is 2.09. The molecule has 17 heavy (non-hydrogen) atoms. The maximum atomic E-state index is 4.24. The lowest BCUT2D eigenvalue weighted by molar-refractivity contribution is 0.378. The van der Waals surface area contributed by atoms with Crippen molar-refractivity contribution in [2.75, 3.05) is 19.6 Å². The number of nitrogens with zero attached hydrogens (tertiary/aromatic N) is 3. The Labute approximate surface area is 101 Å². The van der Waals surface area contributed by atoms with Crippen molar-refractivity contribution >= 4 is 11.6 Å². The molecule has 3 heteroatoms.